The number of aliphatic hydroxyl groups is 1. The van der Waals surface area contributed by atoms with Crippen LogP contribution in [0, 0.1) is 5.82 Å². The molecule has 0 amide bonds. The van der Waals surface area contributed by atoms with Crippen molar-refractivity contribution >= 4 is 0 Å². The number of hydrogen-bond acceptors (Lipinski definition) is 2. The molecule has 0 saturated carbocycles. The van der Waals surface area contributed by atoms with Gasteiger partial charge in [0.05, 0.1) is 6.54 Å². The summed E-state index contributed by atoms with van der Waals surface area (Å²) in [7, 11) is 0. The Morgan fingerprint density at radius 2 is 2.29 bits per heavy atom. The molecule has 0 bridgehead atoms. The average Bonchev–Trinajstić information content (AvgIpc) is 2.46. The van der Waals surface area contributed by atoms with Crippen molar-refractivity contribution in [2.24, 2.45) is 0 Å². The maximum atomic E-state index is 13.0. The highest BCUT2D eigenvalue weighted by molar-refractivity contribution is 5.21. The van der Waals surface area contributed by atoms with Gasteiger partial charge in [-0.05, 0) is 17.7 Å². The molecule has 2 rings (SSSR count). The van der Waals surface area contributed by atoms with Gasteiger partial charge >= 0.3 is 0 Å². The van der Waals surface area contributed by atoms with Gasteiger partial charge in [-0.15, -0.1) is 0 Å². The maximum Gasteiger partial charge on any atom is 0.221 e. The lowest BCUT2D eigenvalue weighted by Crippen LogP contribution is -2.24. The first-order chi connectivity index (χ1) is 6.57. The summed E-state index contributed by atoms with van der Waals surface area (Å²) in [5.41, 5.74) is 0.665. The van der Waals surface area contributed by atoms with Crippen LogP contribution < -0.4 is 5.32 Å². The molecule has 1 saturated heterocycles. The van der Waals surface area contributed by atoms with Crippen LogP contribution in [0.1, 0.15) is 18.0 Å². The van der Waals surface area contributed by atoms with E-state index in [2.05, 4.69) is 5.32 Å². The van der Waals surface area contributed by atoms with Gasteiger partial charge in [-0.25, -0.2) is 8.78 Å². The van der Waals surface area contributed by atoms with E-state index >= 15 is 0 Å². The van der Waals surface area contributed by atoms with Crippen molar-refractivity contribution in [1.29, 1.82) is 0 Å². The van der Waals surface area contributed by atoms with Crippen molar-refractivity contribution in [1.82, 2.24) is 5.32 Å². The maximum absolute atomic E-state index is 13.0. The molecular weight excluding hydrogens is 188 g/mol. The molecule has 0 aromatic heterocycles. The molecule has 14 heavy (non-hydrogen) atoms. The van der Waals surface area contributed by atoms with E-state index in [0.717, 1.165) is 0 Å². The lowest BCUT2D eigenvalue weighted by Gasteiger charge is -2.11. The van der Waals surface area contributed by atoms with Gasteiger partial charge in [-0.1, -0.05) is 12.1 Å². The Morgan fingerprint density at radius 1 is 1.50 bits per heavy atom. The molecule has 76 valence electrons. The molecular formula is C10H11F2NO. The molecule has 1 aromatic carbocycles. The van der Waals surface area contributed by atoms with Crippen molar-refractivity contribution < 1.29 is 13.9 Å². The molecule has 2 nitrogen and oxygen atoms in total. The normalized spacial score (nSPS) is 32.1. The topological polar surface area (TPSA) is 32.3 Å². The number of rotatable bonds is 1. The molecule has 1 unspecified atom stereocenters. The van der Waals surface area contributed by atoms with Crippen LogP contribution in [0.25, 0.3) is 0 Å². The fraction of sp³-hybridized carbons (Fsp3) is 0.400. The molecule has 2 N–H and O–H groups in total. The van der Waals surface area contributed by atoms with Crippen molar-refractivity contribution in [3.8, 4) is 0 Å². The third kappa shape index (κ3) is 1.91. The summed E-state index contributed by atoms with van der Waals surface area (Å²) in [4.78, 5) is 0. The molecule has 0 aliphatic carbocycles. The molecule has 1 aliphatic heterocycles. The van der Waals surface area contributed by atoms with Crippen LogP contribution in [-0.2, 0) is 0 Å². The highest BCUT2D eigenvalue weighted by Crippen LogP contribution is 2.30. The molecule has 1 aliphatic rings. The molecule has 4 heteroatoms. The van der Waals surface area contributed by atoms with Crippen LogP contribution in [0.5, 0.6) is 0 Å². The van der Waals surface area contributed by atoms with E-state index in [1.54, 1.807) is 12.1 Å². The largest absolute Gasteiger partial charge is 0.361 e. The zero-order chi connectivity index (χ0) is 10.2. The molecule has 0 spiro atoms. The second kappa shape index (κ2) is 3.29. The minimum Gasteiger partial charge on any atom is -0.361 e. The summed E-state index contributed by atoms with van der Waals surface area (Å²) >= 11 is 0. The van der Waals surface area contributed by atoms with Crippen LogP contribution >= 0.6 is 0 Å². The third-order valence-corrected chi connectivity index (χ3v) is 2.39. The summed E-state index contributed by atoms with van der Waals surface area (Å²) in [5.74, 6) is -2.52. The van der Waals surface area contributed by atoms with Crippen molar-refractivity contribution in [2.45, 2.75) is 18.3 Å². The fourth-order valence-electron chi connectivity index (χ4n) is 1.70. The first kappa shape index (κ1) is 9.55. The Bertz CT molecular complexity index is 341. The molecule has 1 aromatic rings. The van der Waals surface area contributed by atoms with Crippen molar-refractivity contribution in [2.75, 3.05) is 6.54 Å². The predicted octanol–water partition coefficient (Wildman–Crippen LogP) is 1.52. The Hall–Kier alpha value is -1.00. The Morgan fingerprint density at radius 3 is 2.86 bits per heavy atom. The number of hydrogen-bond donors (Lipinski definition) is 2. The Balaban J connectivity index is 2.17. The van der Waals surface area contributed by atoms with Gasteiger partial charge in [0, 0.05) is 12.5 Å². The Labute approximate surface area is 80.6 Å². The SMILES string of the molecule is OC1(F)CN[C@@H](c2cccc(F)c2)C1. The standard InChI is InChI=1S/C10H11F2NO/c11-8-3-1-2-7(4-8)9-5-10(12,14)6-13-9/h1-4,9,13-14H,5-6H2/t9-,10?/m1/s1. The lowest BCUT2D eigenvalue weighted by molar-refractivity contribution is -0.0699. The highest BCUT2D eigenvalue weighted by atomic mass is 19.2. The Kier molecular flexibility index (Phi) is 2.25. The molecule has 1 heterocycles. The van der Waals surface area contributed by atoms with Gasteiger partial charge in [0.15, 0.2) is 0 Å². The van der Waals surface area contributed by atoms with Crippen molar-refractivity contribution in [3.63, 3.8) is 0 Å². The summed E-state index contributed by atoms with van der Waals surface area (Å²) in [5, 5.41) is 11.9. The van der Waals surface area contributed by atoms with E-state index in [0.29, 0.717) is 5.56 Å². The van der Waals surface area contributed by atoms with E-state index in [-0.39, 0.29) is 24.8 Å². The van der Waals surface area contributed by atoms with E-state index in [1.165, 1.54) is 12.1 Å². The van der Waals surface area contributed by atoms with Crippen LogP contribution in [0.2, 0.25) is 0 Å². The second-order valence-electron chi connectivity index (χ2n) is 3.61. The molecule has 1 fully saturated rings. The summed E-state index contributed by atoms with van der Waals surface area (Å²) in [6, 6.07) is 5.66. The lowest BCUT2D eigenvalue weighted by atomic mass is 10.0. The zero-order valence-electron chi connectivity index (χ0n) is 7.50. The number of alkyl halides is 1. The van der Waals surface area contributed by atoms with Gasteiger partial charge in [0.1, 0.15) is 5.82 Å². The number of β-amino-alcohol motifs (C(OH)–C–C–N with tert-alkyl or cyclic N) is 1. The van der Waals surface area contributed by atoms with Crippen molar-refractivity contribution in [3.05, 3.63) is 35.6 Å². The van der Waals surface area contributed by atoms with E-state index in [1.807, 2.05) is 0 Å². The fourth-order valence-corrected chi connectivity index (χ4v) is 1.70. The average molecular weight is 199 g/mol. The first-order valence-corrected chi connectivity index (χ1v) is 4.47. The zero-order valence-corrected chi connectivity index (χ0v) is 7.50. The van der Waals surface area contributed by atoms with Gasteiger partial charge < -0.3 is 10.4 Å². The molecule has 2 atom stereocenters. The minimum atomic E-state index is -2.17. The quantitative estimate of drug-likeness (QED) is 0.718. The van der Waals surface area contributed by atoms with Gasteiger partial charge in [0.25, 0.3) is 0 Å². The van der Waals surface area contributed by atoms with Crippen LogP contribution in [0.4, 0.5) is 8.78 Å². The molecule has 0 radical (unpaired) electrons. The summed E-state index contributed by atoms with van der Waals surface area (Å²) in [6.45, 7) is -0.103. The highest BCUT2D eigenvalue weighted by Gasteiger charge is 2.37. The van der Waals surface area contributed by atoms with Gasteiger partial charge in [0.2, 0.25) is 5.85 Å². The smallest absolute Gasteiger partial charge is 0.221 e. The second-order valence-corrected chi connectivity index (χ2v) is 3.61. The number of benzene rings is 1. The van der Waals surface area contributed by atoms with Gasteiger partial charge in [-0.2, -0.15) is 0 Å². The third-order valence-electron chi connectivity index (χ3n) is 2.39. The summed E-state index contributed by atoms with van der Waals surface area (Å²) < 4.78 is 25.9. The number of halogens is 2. The number of nitrogens with one attached hydrogen (secondary N) is 1. The van der Waals surface area contributed by atoms with Gasteiger partial charge in [-0.3, -0.25) is 0 Å². The summed E-state index contributed by atoms with van der Waals surface area (Å²) in [6.07, 6.45) is -0.0313. The minimum absolute atomic E-state index is 0.0313. The van der Waals surface area contributed by atoms with E-state index < -0.39 is 5.85 Å². The predicted molar refractivity (Wildman–Crippen MR) is 47.8 cm³/mol. The monoisotopic (exact) mass is 199 g/mol. The van der Waals surface area contributed by atoms with Crippen LogP contribution in [0.3, 0.4) is 0 Å². The van der Waals surface area contributed by atoms with E-state index in [9.17, 15) is 8.78 Å². The first-order valence-electron chi connectivity index (χ1n) is 4.47. The van der Waals surface area contributed by atoms with E-state index in [4.69, 9.17) is 5.11 Å². The van der Waals surface area contributed by atoms with Crippen LogP contribution in [0.15, 0.2) is 24.3 Å². The van der Waals surface area contributed by atoms with Crippen LogP contribution in [-0.4, -0.2) is 17.5 Å².